The standard InChI is InChI=1S/C8H16N4O2S/c1-8(2,3-4-9)12-15(13,14)7-5-10-11-6-7/h5-6,12H,3-4,9H2,1-2H3,(H,10,11). The van der Waals surface area contributed by atoms with Gasteiger partial charge in [-0.2, -0.15) is 5.10 Å². The van der Waals surface area contributed by atoms with Crippen molar-refractivity contribution in [3.63, 3.8) is 0 Å². The fourth-order valence-corrected chi connectivity index (χ4v) is 2.57. The van der Waals surface area contributed by atoms with Crippen molar-refractivity contribution in [2.45, 2.75) is 30.7 Å². The van der Waals surface area contributed by atoms with Crippen molar-refractivity contribution >= 4 is 10.0 Å². The van der Waals surface area contributed by atoms with Gasteiger partial charge in [0.15, 0.2) is 0 Å². The fraction of sp³-hybridized carbons (Fsp3) is 0.625. The van der Waals surface area contributed by atoms with Crippen LogP contribution < -0.4 is 10.5 Å². The maximum Gasteiger partial charge on any atom is 0.244 e. The predicted molar refractivity (Wildman–Crippen MR) is 56.7 cm³/mol. The Hall–Kier alpha value is -0.920. The molecule has 7 heteroatoms. The molecule has 1 aromatic rings. The lowest BCUT2D eigenvalue weighted by atomic mass is 10.0. The van der Waals surface area contributed by atoms with Gasteiger partial charge in [-0.05, 0) is 26.8 Å². The third-order valence-electron chi connectivity index (χ3n) is 1.96. The van der Waals surface area contributed by atoms with E-state index in [1.165, 1.54) is 12.4 Å². The van der Waals surface area contributed by atoms with Crippen LogP contribution >= 0.6 is 0 Å². The number of nitrogens with one attached hydrogen (secondary N) is 2. The Bertz CT molecular complexity index is 396. The molecule has 0 spiro atoms. The summed E-state index contributed by atoms with van der Waals surface area (Å²) in [6.07, 6.45) is 3.17. The smallest absolute Gasteiger partial charge is 0.244 e. The molecule has 0 saturated heterocycles. The monoisotopic (exact) mass is 232 g/mol. The highest BCUT2D eigenvalue weighted by molar-refractivity contribution is 7.89. The zero-order valence-corrected chi connectivity index (χ0v) is 9.63. The van der Waals surface area contributed by atoms with Gasteiger partial charge >= 0.3 is 0 Å². The Morgan fingerprint density at radius 1 is 1.60 bits per heavy atom. The van der Waals surface area contributed by atoms with Gasteiger partial charge in [0.2, 0.25) is 10.0 Å². The van der Waals surface area contributed by atoms with Gasteiger partial charge in [0, 0.05) is 11.7 Å². The van der Waals surface area contributed by atoms with Crippen LogP contribution in [0.5, 0.6) is 0 Å². The van der Waals surface area contributed by atoms with E-state index in [-0.39, 0.29) is 4.90 Å². The second kappa shape index (κ2) is 4.30. The molecule has 1 rings (SSSR count). The minimum atomic E-state index is -3.50. The number of H-pyrrole nitrogens is 1. The second-order valence-corrected chi connectivity index (χ2v) is 5.64. The number of hydrogen-bond donors (Lipinski definition) is 3. The molecule has 0 saturated carbocycles. The topological polar surface area (TPSA) is 101 Å². The molecular formula is C8H16N4O2S. The summed E-state index contributed by atoms with van der Waals surface area (Å²) in [6, 6.07) is 0. The average molecular weight is 232 g/mol. The lowest BCUT2D eigenvalue weighted by Crippen LogP contribution is -2.44. The van der Waals surface area contributed by atoms with E-state index in [2.05, 4.69) is 14.9 Å². The van der Waals surface area contributed by atoms with Crippen molar-refractivity contribution in [3.05, 3.63) is 12.4 Å². The number of rotatable bonds is 5. The minimum Gasteiger partial charge on any atom is -0.330 e. The molecule has 0 atom stereocenters. The quantitative estimate of drug-likeness (QED) is 0.655. The van der Waals surface area contributed by atoms with Crippen LogP contribution in [0.25, 0.3) is 0 Å². The predicted octanol–water partition coefficient (Wildman–Crippen LogP) is -0.185. The summed E-state index contributed by atoms with van der Waals surface area (Å²) in [7, 11) is -3.50. The molecule has 0 unspecified atom stereocenters. The van der Waals surface area contributed by atoms with Crippen molar-refractivity contribution in [1.29, 1.82) is 0 Å². The maximum absolute atomic E-state index is 11.8. The van der Waals surface area contributed by atoms with E-state index in [0.717, 1.165) is 0 Å². The molecule has 0 radical (unpaired) electrons. The van der Waals surface area contributed by atoms with Gasteiger partial charge in [-0.25, -0.2) is 13.1 Å². The largest absolute Gasteiger partial charge is 0.330 e. The molecular weight excluding hydrogens is 216 g/mol. The summed E-state index contributed by atoms with van der Waals surface area (Å²) in [5, 5.41) is 6.06. The minimum absolute atomic E-state index is 0.132. The van der Waals surface area contributed by atoms with Crippen molar-refractivity contribution in [3.8, 4) is 0 Å². The van der Waals surface area contributed by atoms with E-state index < -0.39 is 15.6 Å². The summed E-state index contributed by atoms with van der Waals surface area (Å²) in [5.74, 6) is 0. The fourth-order valence-electron chi connectivity index (χ4n) is 1.22. The summed E-state index contributed by atoms with van der Waals surface area (Å²) >= 11 is 0. The van der Waals surface area contributed by atoms with Gasteiger partial charge < -0.3 is 5.73 Å². The number of aromatic amines is 1. The lowest BCUT2D eigenvalue weighted by molar-refractivity contribution is 0.428. The van der Waals surface area contributed by atoms with Gasteiger partial charge in [0.05, 0.1) is 6.20 Å². The molecule has 0 amide bonds. The molecule has 0 fully saturated rings. The normalized spacial score (nSPS) is 13.0. The Morgan fingerprint density at radius 2 is 2.27 bits per heavy atom. The number of nitrogens with two attached hydrogens (primary N) is 1. The maximum atomic E-state index is 11.8. The second-order valence-electron chi connectivity index (χ2n) is 3.96. The SMILES string of the molecule is CC(C)(CCN)NS(=O)(=O)c1cn[nH]c1. The van der Waals surface area contributed by atoms with Gasteiger partial charge in [0.1, 0.15) is 4.90 Å². The summed E-state index contributed by atoms with van der Waals surface area (Å²) in [5.41, 5.74) is 4.85. The molecule has 0 bridgehead atoms. The number of sulfonamides is 1. The van der Waals surface area contributed by atoms with E-state index >= 15 is 0 Å². The Labute approximate surface area is 89.3 Å². The Balaban J connectivity index is 2.82. The van der Waals surface area contributed by atoms with Gasteiger partial charge in [-0.3, -0.25) is 5.10 Å². The molecule has 0 aliphatic rings. The third kappa shape index (κ3) is 3.29. The van der Waals surface area contributed by atoms with Gasteiger partial charge in [-0.1, -0.05) is 0 Å². The average Bonchev–Trinajstić information content (AvgIpc) is 2.52. The van der Waals surface area contributed by atoms with Crippen LogP contribution in [-0.2, 0) is 10.0 Å². The summed E-state index contributed by atoms with van der Waals surface area (Å²) in [4.78, 5) is 0.132. The van der Waals surface area contributed by atoms with Crippen molar-refractivity contribution in [1.82, 2.24) is 14.9 Å². The summed E-state index contributed by atoms with van der Waals surface area (Å²) < 4.78 is 26.1. The van der Waals surface area contributed by atoms with E-state index in [1.54, 1.807) is 13.8 Å². The van der Waals surface area contributed by atoms with Crippen LogP contribution in [-0.4, -0.2) is 30.7 Å². The van der Waals surface area contributed by atoms with Crippen LogP contribution in [0.15, 0.2) is 17.3 Å². The highest BCUT2D eigenvalue weighted by atomic mass is 32.2. The van der Waals surface area contributed by atoms with Crippen LogP contribution in [0.4, 0.5) is 0 Å². The van der Waals surface area contributed by atoms with Crippen molar-refractivity contribution in [2.75, 3.05) is 6.54 Å². The van der Waals surface area contributed by atoms with E-state index in [9.17, 15) is 8.42 Å². The summed E-state index contributed by atoms with van der Waals surface area (Å²) in [6.45, 7) is 4.01. The first-order valence-electron chi connectivity index (χ1n) is 4.60. The van der Waals surface area contributed by atoms with Crippen LogP contribution in [0.1, 0.15) is 20.3 Å². The molecule has 0 aromatic carbocycles. The van der Waals surface area contributed by atoms with Crippen molar-refractivity contribution in [2.24, 2.45) is 5.73 Å². The molecule has 6 nitrogen and oxygen atoms in total. The number of aromatic nitrogens is 2. The van der Waals surface area contributed by atoms with E-state index in [0.29, 0.717) is 13.0 Å². The van der Waals surface area contributed by atoms with Gasteiger partial charge in [-0.15, -0.1) is 0 Å². The first-order valence-corrected chi connectivity index (χ1v) is 6.08. The Morgan fingerprint density at radius 3 is 2.73 bits per heavy atom. The zero-order chi connectivity index (χ0) is 11.5. The van der Waals surface area contributed by atoms with Crippen LogP contribution in [0.2, 0.25) is 0 Å². The first kappa shape index (κ1) is 12.2. The van der Waals surface area contributed by atoms with Crippen LogP contribution in [0, 0.1) is 0 Å². The molecule has 4 N–H and O–H groups in total. The van der Waals surface area contributed by atoms with Crippen molar-refractivity contribution < 1.29 is 8.42 Å². The molecule has 1 aromatic heterocycles. The van der Waals surface area contributed by atoms with Gasteiger partial charge in [0.25, 0.3) is 0 Å². The molecule has 0 aliphatic carbocycles. The Kier molecular flexibility index (Phi) is 3.48. The lowest BCUT2D eigenvalue weighted by Gasteiger charge is -2.24. The molecule has 1 heterocycles. The molecule has 0 aliphatic heterocycles. The van der Waals surface area contributed by atoms with Crippen LogP contribution in [0.3, 0.4) is 0 Å². The van der Waals surface area contributed by atoms with E-state index in [4.69, 9.17) is 5.73 Å². The highest BCUT2D eigenvalue weighted by Crippen LogP contribution is 2.13. The number of nitrogens with zero attached hydrogens (tertiary/aromatic N) is 1. The molecule has 86 valence electrons. The zero-order valence-electron chi connectivity index (χ0n) is 8.82. The van der Waals surface area contributed by atoms with E-state index in [1.807, 2.05) is 0 Å². The number of hydrogen-bond acceptors (Lipinski definition) is 4. The highest BCUT2D eigenvalue weighted by Gasteiger charge is 2.25. The first-order chi connectivity index (χ1) is 6.87. The third-order valence-corrected chi connectivity index (χ3v) is 3.63. The molecule has 15 heavy (non-hydrogen) atoms.